The maximum absolute atomic E-state index is 10.4. The number of carbonyl (C=O) groups is 2. The molecule has 0 aromatic carbocycles. The normalized spacial score (nSPS) is 12.3. The molecule has 0 aliphatic rings. The highest BCUT2D eigenvalue weighted by Crippen LogP contribution is 1.92. The van der Waals surface area contributed by atoms with E-state index in [9.17, 15) is 9.59 Å². The molecule has 8 heteroatoms. The minimum atomic E-state index is -0.507. The third-order valence-electron chi connectivity index (χ3n) is 1.84. The van der Waals surface area contributed by atoms with Crippen molar-refractivity contribution in [3.8, 4) is 0 Å². The summed E-state index contributed by atoms with van der Waals surface area (Å²) in [6, 6.07) is 0. The Bertz CT molecular complexity index is 262. The Kier molecular flexibility index (Phi) is 11.1. The number of hydrogen-bond donors (Lipinski definition) is 2. The Balaban J connectivity index is 3.23. The van der Waals surface area contributed by atoms with Crippen LogP contribution in [0.3, 0.4) is 0 Å². The molecule has 0 aromatic heterocycles. The molecule has 1 unspecified atom stereocenters. The standard InChI is InChI=1S/C11H22N2O6/c1-9(19-5-4-18-8-11(13)15)6-16-2-3-17-7-10(12)14/h9H,2-8H2,1H3,(H2,12,14)(H2,13,15). The van der Waals surface area contributed by atoms with Gasteiger partial charge in [-0.2, -0.15) is 0 Å². The van der Waals surface area contributed by atoms with E-state index < -0.39 is 11.8 Å². The molecule has 19 heavy (non-hydrogen) atoms. The second-order valence-corrected chi connectivity index (χ2v) is 3.79. The molecular formula is C11H22N2O6. The zero-order valence-electron chi connectivity index (χ0n) is 11.1. The van der Waals surface area contributed by atoms with Crippen LogP contribution in [0, 0.1) is 0 Å². The van der Waals surface area contributed by atoms with Gasteiger partial charge < -0.3 is 30.4 Å². The van der Waals surface area contributed by atoms with Gasteiger partial charge in [0.25, 0.3) is 0 Å². The second-order valence-electron chi connectivity index (χ2n) is 3.79. The average molecular weight is 278 g/mol. The first-order valence-corrected chi connectivity index (χ1v) is 5.93. The lowest BCUT2D eigenvalue weighted by Gasteiger charge is -2.13. The zero-order chi connectivity index (χ0) is 14.5. The van der Waals surface area contributed by atoms with Gasteiger partial charge in [-0.1, -0.05) is 0 Å². The van der Waals surface area contributed by atoms with E-state index in [1.54, 1.807) is 0 Å². The van der Waals surface area contributed by atoms with Crippen LogP contribution in [0.4, 0.5) is 0 Å². The summed E-state index contributed by atoms with van der Waals surface area (Å²) in [6.45, 7) is 3.35. The van der Waals surface area contributed by atoms with Crippen molar-refractivity contribution in [2.75, 3.05) is 46.2 Å². The molecule has 0 fully saturated rings. The summed E-state index contributed by atoms with van der Waals surface area (Å²) < 4.78 is 20.4. The highest BCUT2D eigenvalue weighted by Gasteiger charge is 2.03. The molecule has 1 atom stereocenters. The Morgan fingerprint density at radius 2 is 1.37 bits per heavy atom. The summed E-state index contributed by atoms with van der Waals surface area (Å²) in [4.78, 5) is 20.7. The molecule has 0 aromatic rings. The molecule has 8 nitrogen and oxygen atoms in total. The molecule has 0 spiro atoms. The van der Waals surface area contributed by atoms with E-state index in [1.165, 1.54) is 0 Å². The van der Waals surface area contributed by atoms with Gasteiger partial charge in [0.2, 0.25) is 11.8 Å². The lowest BCUT2D eigenvalue weighted by Crippen LogP contribution is -2.23. The third-order valence-corrected chi connectivity index (χ3v) is 1.84. The predicted octanol–water partition coefficient (Wildman–Crippen LogP) is -1.59. The maximum atomic E-state index is 10.4. The van der Waals surface area contributed by atoms with E-state index in [2.05, 4.69) is 0 Å². The fraction of sp³-hybridized carbons (Fsp3) is 0.818. The van der Waals surface area contributed by atoms with E-state index in [4.69, 9.17) is 30.4 Å². The third kappa shape index (κ3) is 14.7. The summed E-state index contributed by atoms with van der Waals surface area (Å²) in [7, 11) is 0. The Morgan fingerprint density at radius 3 is 1.89 bits per heavy atom. The van der Waals surface area contributed by atoms with Gasteiger partial charge in [0, 0.05) is 0 Å². The SMILES string of the molecule is CC(COCCOCC(N)=O)OCCOCC(N)=O. The fourth-order valence-corrected chi connectivity index (χ4v) is 1.07. The number of nitrogens with two attached hydrogens (primary N) is 2. The highest BCUT2D eigenvalue weighted by atomic mass is 16.6. The van der Waals surface area contributed by atoms with E-state index in [0.29, 0.717) is 33.0 Å². The molecule has 0 saturated carbocycles. The van der Waals surface area contributed by atoms with Crippen molar-refractivity contribution in [2.24, 2.45) is 11.5 Å². The van der Waals surface area contributed by atoms with Crippen LogP contribution < -0.4 is 11.5 Å². The molecule has 0 aliphatic carbocycles. The van der Waals surface area contributed by atoms with E-state index >= 15 is 0 Å². The molecule has 4 N–H and O–H groups in total. The Labute approximate surface area is 112 Å². The summed E-state index contributed by atoms with van der Waals surface area (Å²) >= 11 is 0. The smallest absolute Gasteiger partial charge is 0.243 e. The molecule has 0 rings (SSSR count). The maximum Gasteiger partial charge on any atom is 0.243 e. The lowest BCUT2D eigenvalue weighted by atomic mass is 10.4. The number of ether oxygens (including phenoxy) is 4. The van der Waals surface area contributed by atoms with Crippen molar-refractivity contribution < 1.29 is 28.5 Å². The molecular weight excluding hydrogens is 256 g/mol. The van der Waals surface area contributed by atoms with Gasteiger partial charge in [0.1, 0.15) is 13.2 Å². The summed E-state index contributed by atoms with van der Waals surface area (Å²) in [5, 5.41) is 0. The molecule has 112 valence electrons. The second kappa shape index (κ2) is 11.8. The monoisotopic (exact) mass is 278 g/mol. The van der Waals surface area contributed by atoms with Gasteiger partial charge in [-0.05, 0) is 6.92 Å². The first-order chi connectivity index (χ1) is 9.02. The average Bonchev–Trinajstić information content (AvgIpc) is 2.32. The minimum Gasteiger partial charge on any atom is -0.376 e. The predicted molar refractivity (Wildman–Crippen MR) is 66.3 cm³/mol. The van der Waals surface area contributed by atoms with Gasteiger partial charge in [-0.15, -0.1) is 0 Å². The van der Waals surface area contributed by atoms with Crippen LogP contribution in [0.25, 0.3) is 0 Å². The van der Waals surface area contributed by atoms with Crippen LogP contribution in [0.5, 0.6) is 0 Å². The van der Waals surface area contributed by atoms with Crippen LogP contribution in [-0.2, 0) is 28.5 Å². The van der Waals surface area contributed by atoms with E-state index in [-0.39, 0.29) is 19.3 Å². The number of amides is 2. The number of hydrogen-bond acceptors (Lipinski definition) is 6. The van der Waals surface area contributed by atoms with Gasteiger partial charge >= 0.3 is 0 Å². The quantitative estimate of drug-likeness (QED) is 0.392. The van der Waals surface area contributed by atoms with Crippen LogP contribution in [0.2, 0.25) is 0 Å². The molecule has 0 saturated heterocycles. The molecule has 0 heterocycles. The molecule has 0 radical (unpaired) electrons. The topological polar surface area (TPSA) is 123 Å². The molecule has 0 aliphatic heterocycles. The van der Waals surface area contributed by atoms with Crippen molar-refractivity contribution in [3.05, 3.63) is 0 Å². The number of primary amides is 2. The molecule has 0 bridgehead atoms. The Morgan fingerprint density at radius 1 is 0.895 bits per heavy atom. The van der Waals surface area contributed by atoms with Crippen LogP contribution in [0.1, 0.15) is 6.92 Å². The Hall–Kier alpha value is -1.22. The summed E-state index contributed by atoms with van der Waals surface area (Å²) in [5.74, 6) is -1.01. The lowest BCUT2D eigenvalue weighted by molar-refractivity contribution is -0.124. The van der Waals surface area contributed by atoms with Crippen molar-refractivity contribution in [1.29, 1.82) is 0 Å². The molecule has 2 amide bonds. The van der Waals surface area contributed by atoms with Gasteiger partial charge in [-0.25, -0.2) is 0 Å². The first kappa shape index (κ1) is 17.8. The van der Waals surface area contributed by atoms with Gasteiger partial charge in [-0.3, -0.25) is 9.59 Å². The van der Waals surface area contributed by atoms with E-state index in [1.807, 2.05) is 6.92 Å². The highest BCUT2D eigenvalue weighted by molar-refractivity contribution is 5.75. The van der Waals surface area contributed by atoms with Crippen molar-refractivity contribution >= 4 is 11.8 Å². The van der Waals surface area contributed by atoms with Crippen molar-refractivity contribution in [2.45, 2.75) is 13.0 Å². The number of carbonyl (C=O) groups excluding carboxylic acids is 2. The summed E-state index contributed by atoms with van der Waals surface area (Å²) in [5.41, 5.74) is 9.78. The first-order valence-electron chi connectivity index (χ1n) is 5.93. The minimum absolute atomic E-state index is 0.103. The van der Waals surface area contributed by atoms with Crippen molar-refractivity contribution in [3.63, 3.8) is 0 Å². The van der Waals surface area contributed by atoms with Crippen LogP contribution in [-0.4, -0.2) is 64.2 Å². The van der Waals surface area contributed by atoms with Gasteiger partial charge in [0.05, 0.1) is 39.1 Å². The summed E-state index contributed by atoms with van der Waals surface area (Å²) in [6.07, 6.45) is -0.103. The van der Waals surface area contributed by atoms with Crippen LogP contribution in [0.15, 0.2) is 0 Å². The zero-order valence-corrected chi connectivity index (χ0v) is 11.1. The fourth-order valence-electron chi connectivity index (χ4n) is 1.07. The van der Waals surface area contributed by atoms with E-state index in [0.717, 1.165) is 0 Å². The number of rotatable bonds is 13. The van der Waals surface area contributed by atoms with Gasteiger partial charge in [0.15, 0.2) is 0 Å². The van der Waals surface area contributed by atoms with Crippen molar-refractivity contribution in [1.82, 2.24) is 0 Å². The van der Waals surface area contributed by atoms with Crippen LogP contribution >= 0.6 is 0 Å². The largest absolute Gasteiger partial charge is 0.376 e.